The lowest BCUT2D eigenvalue weighted by Gasteiger charge is -2.16. The summed E-state index contributed by atoms with van der Waals surface area (Å²) in [5.74, 6) is 5.24. The summed E-state index contributed by atoms with van der Waals surface area (Å²) in [7, 11) is 0. The van der Waals surface area contributed by atoms with Crippen molar-refractivity contribution < 1.29 is 4.39 Å². The fourth-order valence-electron chi connectivity index (χ4n) is 1.73. The minimum absolute atomic E-state index is 0.247. The van der Waals surface area contributed by atoms with Crippen molar-refractivity contribution in [2.24, 2.45) is 5.84 Å². The van der Waals surface area contributed by atoms with Gasteiger partial charge >= 0.3 is 0 Å². The Balaban J connectivity index is 2.36. The molecule has 3 N–H and O–H groups in total. The Labute approximate surface area is 104 Å². The molecule has 88 valence electrons. The Morgan fingerprint density at radius 3 is 2.35 bits per heavy atom. The van der Waals surface area contributed by atoms with Crippen molar-refractivity contribution in [3.8, 4) is 0 Å². The predicted molar refractivity (Wildman–Crippen MR) is 67.0 cm³/mol. The maximum absolute atomic E-state index is 13.2. The molecule has 1 unspecified atom stereocenters. The van der Waals surface area contributed by atoms with E-state index in [4.69, 9.17) is 17.4 Å². The second-order valence-electron chi connectivity index (χ2n) is 3.71. The van der Waals surface area contributed by atoms with Crippen LogP contribution in [0.5, 0.6) is 0 Å². The van der Waals surface area contributed by atoms with Crippen molar-refractivity contribution in [2.75, 3.05) is 0 Å². The lowest BCUT2D eigenvalue weighted by molar-refractivity contribution is 0.605. The van der Waals surface area contributed by atoms with Crippen LogP contribution in [-0.4, -0.2) is 0 Å². The van der Waals surface area contributed by atoms with Crippen molar-refractivity contribution in [2.45, 2.75) is 6.04 Å². The molecule has 2 rings (SSSR count). The Kier molecular flexibility index (Phi) is 3.74. The molecule has 0 aliphatic heterocycles. The highest BCUT2D eigenvalue weighted by Crippen LogP contribution is 2.23. The molecule has 0 fully saturated rings. The number of nitrogens with one attached hydrogen (secondary N) is 1. The highest BCUT2D eigenvalue weighted by atomic mass is 35.5. The predicted octanol–water partition coefficient (Wildman–Crippen LogP) is 3.03. The Bertz CT molecular complexity index is 499. The molecule has 0 saturated heterocycles. The molecule has 4 heteroatoms. The van der Waals surface area contributed by atoms with E-state index in [1.54, 1.807) is 18.2 Å². The normalized spacial score (nSPS) is 12.4. The fourth-order valence-corrected chi connectivity index (χ4v) is 1.85. The van der Waals surface area contributed by atoms with Crippen molar-refractivity contribution in [3.63, 3.8) is 0 Å². The molecule has 0 bridgehead atoms. The van der Waals surface area contributed by atoms with Crippen LogP contribution in [0.1, 0.15) is 17.2 Å². The molecule has 0 aromatic heterocycles. The zero-order valence-electron chi connectivity index (χ0n) is 9.03. The number of halogens is 2. The molecule has 0 heterocycles. The van der Waals surface area contributed by atoms with Crippen LogP contribution in [0, 0.1) is 5.82 Å². The van der Waals surface area contributed by atoms with Gasteiger partial charge in [-0.15, -0.1) is 0 Å². The van der Waals surface area contributed by atoms with Crippen LogP contribution in [0.25, 0.3) is 0 Å². The molecule has 0 aliphatic carbocycles. The van der Waals surface area contributed by atoms with E-state index in [1.165, 1.54) is 12.1 Å². The van der Waals surface area contributed by atoms with Gasteiger partial charge in [-0.3, -0.25) is 5.84 Å². The second kappa shape index (κ2) is 5.27. The van der Waals surface area contributed by atoms with Gasteiger partial charge in [-0.2, -0.15) is 0 Å². The minimum Gasteiger partial charge on any atom is -0.271 e. The lowest BCUT2D eigenvalue weighted by atomic mass is 9.99. The summed E-state index contributed by atoms with van der Waals surface area (Å²) in [6.45, 7) is 0. The third kappa shape index (κ3) is 2.82. The molecule has 0 radical (unpaired) electrons. The van der Waals surface area contributed by atoms with E-state index < -0.39 is 0 Å². The summed E-state index contributed by atoms with van der Waals surface area (Å²) in [6.07, 6.45) is 0. The van der Waals surface area contributed by atoms with Crippen LogP contribution in [0.2, 0.25) is 5.02 Å². The van der Waals surface area contributed by atoms with Gasteiger partial charge in [0.15, 0.2) is 0 Å². The average molecular weight is 251 g/mol. The van der Waals surface area contributed by atoms with Gasteiger partial charge in [0.1, 0.15) is 5.82 Å². The summed E-state index contributed by atoms with van der Waals surface area (Å²) < 4.78 is 13.2. The Morgan fingerprint density at radius 2 is 1.76 bits per heavy atom. The van der Waals surface area contributed by atoms with E-state index in [9.17, 15) is 4.39 Å². The second-order valence-corrected chi connectivity index (χ2v) is 4.14. The molecule has 0 spiro atoms. The maximum Gasteiger partial charge on any atom is 0.123 e. The van der Waals surface area contributed by atoms with Gasteiger partial charge in [-0.25, -0.2) is 9.82 Å². The Hall–Kier alpha value is -1.42. The van der Waals surface area contributed by atoms with E-state index in [0.29, 0.717) is 5.02 Å². The Morgan fingerprint density at radius 1 is 1.06 bits per heavy atom. The van der Waals surface area contributed by atoms with Crippen LogP contribution in [0.3, 0.4) is 0 Å². The first kappa shape index (κ1) is 12.0. The highest BCUT2D eigenvalue weighted by molar-refractivity contribution is 6.30. The number of hydrazine groups is 1. The lowest BCUT2D eigenvalue weighted by Crippen LogP contribution is -2.28. The SMILES string of the molecule is NNC(c1ccc(Cl)cc1)c1cccc(F)c1. The molecular formula is C13H12ClFN2. The summed E-state index contributed by atoms with van der Waals surface area (Å²) in [5.41, 5.74) is 4.38. The summed E-state index contributed by atoms with van der Waals surface area (Å²) in [4.78, 5) is 0. The first-order chi connectivity index (χ1) is 8.20. The molecule has 0 amide bonds. The van der Waals surface area contributed by atoms with Crippen molar-refractivity contribution >= 4 is 11.6 Å². The van der Waals surface area contributed by atoms with Gasteiger partial charge in [0.05, 0.1) is 6.04 Å². The number of hydrogen-bond donors (Lipinski definition) is 2. The minimum atomic E-state index is -0.281. The van der Waals surface area contributed by atoms with E-state index >= 15 is 0 Å². The third-order valence-corrected chi connectivity index (χ3v) is 2.80. The quantitative estimate of drug-likeness (QED) is 0.649. The molecule has 0 saturated carbocycles. The van der Waals surface area contributed by atoms with Crippen molar-refractivity contribution in [1.29, 1.82) is 0 Å². The smallest absolute Gasteiger partial charge is 0.123 e. The van der Waals surface area contributed by atoms with Crippen LogP contribution in [-0.2, 0) is 0 Å². The van der Waals surface area contributed by atoms with Crippen LogP contribution in [0.4, 0.5) is 4.39 Å². The van der Waals surface area contributed by atoms with Crippen LogP contribution < -0.4 is 11.3 Å². The fraction of sp³-hybridized carbons (Fsp3) is 0.0769. The van der Waals surface area contributed by atoms with Gasteiger partial charge in [0, 0.05) is 5.02 Å². The van der Waals surface area contributed by atoms with E-state index in [1.807, 2.05) is 18.2 Å². The van der Waals surface area contributed by atoms with Gasteiger partial charge in [-0.1, -0.05) is 35.9 Å². The van der Waals surface area contributed by atoms with Gasteiger partial charge in [-0.05, 0) is 35.4 Å². The van der Waals surface area contributed by atoms with Gasteiger partial charge < -0.3 is 0 Å². The molecule has 2 aromatic carbocycles. The summed E-state index contributed by atoms with van der Waals surface area (Å²) in [5, 5.41) is 0.656. The first-order valence-electron chi connectivity index (χ1n) is 5.18. The molecule has 1 atom stereocenters. The van der Waals surface area contributed by atoms with E-state index in [0.717, 1.165) is 11.1 Å². The summed E-state index contributed by atoms with van der Waals surface area (Å²) >= 11 is 5.82. The zero-order chi connectivity index (χ0) is 12.3. The number of benzene rings is 2. The zero-order valence-corrected chi connectivity index (χ0v) is 9.79. The van der Waals surface area contributed by atoms with Crippen molar-refractivity contribution in [3.05, 3.63) is 70.5 Å². The van der Waals surface area contributed by atoms with Gasteiger partial charge in [0.2, 0.25) is 0 Å². The highest BCUT2D eigenvalue weighted by Gasteiger charge is 2.12. The molecule has 0 aliphatic rings. The molecule has 2 aromatic rings. The standard InChI is InChI=1S/C13H12ClFN2/c14-11-6-4-9(5-7-11)13(17-16)10-2-1-3-12(15)8-10/h1-8,13,17H,16H2. The van der Waals surface area contributed by atoms with Crippen molar-refractivity contribution in [1.82, 2.24) is 5.43 Å². The molecule has 17 heavy (non-hydrogen) atoms. The van der Waals surface area contributed by atoms with E-state index in [-0.39, 0.29) is 11.9 Å². The van der Waals surface area contributed by atoms with Crippen LogP contribution >= 0.6 is 11.6 Å². The molecule has 2 nitrogen and oxygen atoms in total. The number of rotatable bonds is 3. The largest absolute Gasteiger partial charge is 0.271 e. The monoisotopic (exact) mass is 250 g/mol. The van der Waals surface area contributed by atoms with E-state index in [2.05, 4.69) is 5.43 Å². The molecular weight excluding hydrogens is 239 g/mol. The number of nitrogens with two attached hydrogens (primary N) is 1. The first-order valence-corrected chi connectivity index (χ1v) is 5.55. The summed E-state index contributed by atoms with van der Waals surface area (Å²) in [6, 6.07) is 13.4. The third-order valence-electron chi connectivity index (χ3n) is 2.55. The van der Waals surface area contributed by atoms with Gasteiger partial charge in [0.25, 0.3) is 0 Å². The number of hydrogen-bond acceptors (Lipinski definition) is 2. The average Bonchev–Trinajstić information content (AvgIpc) is 2.33. The van der Waals surface area contributed by atoms with Crippen LogP contribution in [0.15, 0.2) is 48.5 Å². The topological polar surface area (TPSA) is 38.0 Å². The maximum atomic E-state index is 13.2.